The Balaban J connectivity index is 2.29. The van der Waals surface area contributed by atoms with Gasteiger partial charge in [0.25, 0.3) is 0 Å². The summed E-state index contributed by atoms with van der Waals surface area (Å²) in [5, 5.41) is 8.68. The van der Waals surface area contributed by atoms with E-state index in [-0.39, 0.29) is 6.42 Å². The molecule has 0 spiro atoms. The Labute approximate surface area is 99.5 Å². The molecular weight excluding hydrogens is 216 g/mol. The van der Waals surface area contributed by atoms with Crippen LogP contribution < -0.4 is 0 Å². The average molecular weight is 230 g/mol. The molecule has 4 nitrogen and oxygen atoms in total. The maximum atomic E-state index is 10.6. The van der Waals surface area contributed by atoms with Crippen LogP contribution in [0.2, 0.25) is 0 Å². The number of aliphatic carboxylic acids is 1. The van der Waals surface area contributed by atoms with Crippen molar-refractivity contribution in [3.63, 3.8) is 0 Å². The lowest BCUT2D eigenvalue weighted by molar-refractivity contribution is -0.136. The van der Waals surface area contributed by atoms with E-state index in [0.29, 0.717) is 0 Å². The molecule has 2 aromatic rings. The lowest BCUT2D eigenvalue weighted by Gasteiger charge is -2.02. The fraction of sp³-hybridized carbons (Fsp3) is 0.231. The molecule has 0 aliphatic rings. The van der Waals surface area contributed by atoms with Gasteiger partial charge in [0.2, 0.25) is 0 Å². The lowest BCUT2D eigenvalue weighted by Crippen LogP contribution is -1.99. The lowest BCUT2D eigenvalue weighted by atomic mass is 10.1. The van der Waals surface area contributed by atoms with Crippen LogP contribution in [0.25, 0.3) is 11.4 Å². The SMILES string of the molecule is Cc1cn(C)c(-c2ccc(CC(=O)O)cc2)n1. The third-order valence-electron chi connectivity index (χ3n) is 2.56. The van der Waals surface area contributed by atoms with Crippen LogP contribution >= 0.6 is 0 Å². The minimum absolute atomic E-state index is 0.0554. The molecular formula is C13H14N2O2. The van der Waals surface area contributed by atoms with Gasteiger partial charge in [-0.25, -0.2) is 4.98 Å². The summed E-state index contributed by atoms with van der Waals surface area (Å²) in [7, 11) is 1.94. The van der Waals surface area contributed by atoms with Crippen LogP contribution in [0.4, 0.5) is 0 Å². The molecule has 2 rings (SSSR count). The largest absolute Gasteiger partial charge is 0.481 e. The number of hydrogen-bond donors (Lipinski definition) is 1. The summed E-state index contributed by atoms with van der Waals surface area (Å²) in [6, 6.07) is 7.46. The predicted octanol–water partition coefficient (Wildman–Crippen LogP) is 2.02. The second-order valence-electron chi connectivity index (χ2n) is 4.08. The summed E-state index contributed by atoms with van der Waals surface area (Å²) in [5.41, 5.74) is 2.76. The fourth-order valence-corrected chi connectivity index (χ4v) is 1.83. The molecule has 1 aromatic carbocycles. The predicted molar refractivity (Wildman–Crippen MR) is 64.7 cm³/mol. The number of carboxylic acids is 1. The van der Waals surface area contributed by atoms with Crippen molar-refractivity contribution in [1.82, 2.24) is 9.55 Å². The van der Waals surface area contributed by atoms with Gasteiger partial charge < -0.3 is 9.67 Å². The van der Waals surface area contributed by atoms with Crippen LogP contribution in [0.1, 0.15) is 11.3 Å². The first-order valence-electron chi connectivity index (χ1n) is 5.37. The van der Waals surface area contributed by atoms with Crippen LogP contribution in [-0.4, -0.2) is 20.6 Å². The smallest absolute Gasteiger partial charge is 0.307 e. The molecule has 0 bridgehead atoms. The van der Waals surface area contributed by atoms with Gasteiger partial charge in [0, 0.05) is 18.8 Å². The molecule has 0 radical (unpaired) electrons. The summed E-state index contributed by atoms with van der Waals surface area (Å²) in [6.45, 7) is 1.95. The van der Waals surface area contributed by atoms with Crippen molar-refractivity contribution in [2.24, 2.45) is 7.05 Å². The van der Waals surface area contributed by atoms with Crippen molar-refractivity contribution in [1.29, 1.82) is 0 Å². The van der Waals surface area contributed by atoms with Crippen molar-refractivity contribution < 1.29 is 9.90 Å². The molecule has 0 aliphatic carbocycles. The van der Waals surface area contributed by atoms with Crippen LogP contribution in [-0.2, 0) is 18.3 Å². The molecule has 1 heterocycles. The van der Waals surface area contributed by atoms with Crippen molar-refractivity contribution >= 4 is 5.97 Å². The average Bonchev–Trinajstić information content (AvgIpc) is 2.58. The van der Waals surface area contributed by atoms with Gasteiger partial charge >= 0.3 is 5.97 Å². The van der Waals surface area contributed by atoms with Crippen LogP contribution in [0.5, 0.6) is 0 Å². The highest BCUT2D eigenvalue weighted by Gasteiger charge is 2.06. The van der Waals surface area contributed by atoms with Gasteiger partial charge in [0.15, 0.2) is 0 Å². The van der Waals surface area contributed by atoms with Gasteiger partial charge in [-0.3, -0.25) is 4.79 Å². The van der Waals surface area contributed by atoms with E-state index in [4.69, 9.17) is 5.11 Å². The highest BCUT2D eigenvalue weighted by molar-refractivity contribution is 5.70. The Kier molecular flexibility index (Phi) is 2.95. The third kappa shape index (κ3) is 2.53. The van der Waals surface area contributed by atoms with Crippen molar-refractivity contribution in [2.45, 2.75) is 13.3 Å². The number of carbonyl (C=O) groups is 1. The Morgan fingerprint density at radius 3 is 2.47 bits per heavy atom. The van der Waals surface area contributed by atoms with Gasteiger partial charge in [0.05, 0.1) is 12.1 Å². The molecule has 0 fully saturated rings. The highest BCUT2D eigenvalue weighted by Crippen LogP contribution is 2.18. The second-order valence-corrected chi connectivity index (χ2v) is 4.08. The Morgan fingerprint density at radius 2 is 2.00 bits per heavy atom. The molecule has 0 amide bonds. The Bertz CT molecular complexity index is 541. The van der Waals surface area contributed by atoms with E-state index in [1.807, 2.05) is 49.0 Å². The zero-order valence-corrected chi connectivity index (χ0v) is 9.84. The van der Waals surface area contributed by atoms with E-state index in [9.17, 15) is 4.79 Å². The minimum Gasteiger partial charge on any atom is -0.481 e. The van der Waals surface area contributed by atoms with Gasteiger partial charge in [-0.05, 0) is 12.5 Å². The molecule has 4 heteroatoms. The molecule has 88 valence electrons. The van der Waals surface area contributed by atoms with Crippen molar-refractivity contribution in [3.05, 3.63) is 41.7 Å². The van der Waals surface area contributed by atoms with Gasteiger partial charge in [-0.1, -0.05) is 24.3 Å². The zero-order valence-electron chi connectivity index (χ0n) is 9.84. The van der Waals surface area contributed by atoms with E-state index < -0.39 is 5.97 Å². The number of carboxylic acid groups (broad SMARTS) is 1. The maximum absolute atomic E-state index is 10.6. The van der Waals surface area contributed by atoms with E-state index in [1.165, 1.54) is 0 Å². The van der Waals surface area contributed by atoms with Gasteiger partial charge in [-0.2, -0.15) is 0 Å². The number of imidazole rings is 1. The number of rotatable bonds is 3. The summed E-state index contributed by atoms with van der Waals surface area (Å²) in [5.74, 6) is 0.0787. The Hall–Kier alpha value is -2.10. The van der Waals surface area contributed by atoms with Gasteiger partial charge in [-0.15, -0.1) is 0 Å². The molecule has 0 saturated heterocycles. The van der Waals surface area contributed by atoms with Crippen molar-refractivity contribution in [3.8, 4) is 11.4 Å². The summed E-state index contributed by atoms with van der Waals surface area (Å²) in [4.78, 5) is 15.0. The quantitative estimate of drug-likeness (QED) is 0.877. The molecule has 0 saturated carbocycles. The van der Waals surface area contributed by atoms with Crippen LogP contribution in [0.15, 0.2) is 30.5 Å². The van der Waals surface area contributed by atoms with Crippen LogP contribution in [0.3, 0.4) is 0 Å². The fourth-order valence-electron chi connectivity index (χ4n) is 1.83. The number of nitrogens with zero attached hydrogens (tertiary/aromatic N) is 2. The minimum atomic E-state index is -0.814. The standard InChI is InChI=1S/C13H14N2O2/c1-9-8-15(2)13(14-9)11-5-3-10(4-6-11)7-12(16)17/h3-6,8H,7H2,1-2H3,(H,16,17). The number of aryl methyl sites for hydroxylation is 2. The van der Waals surface area contributed by atoms with Gasteiger partial charge in [0.1, 0.15) is 5.82 Å². The molecule has 1 N–H and O–H groups in total. The van der Waals surface area contributed by atoms with E-state index in [1.54, 1.807) is 0 Å². The summed E-state index contributed by atoms with van der Waals surface area (Å²) >= 11 is 0. The topological polar surface area (TPSA) is 55.1 Å². The number of hydrogen-bond acceptors (Lipinski definition) is 2. The molecule has 1 aromatic heterocycles. The third-order valence-corrected chi connectivity index (χ3v) is 2.56. The normalized spacial score (nSPS) is 10.5. The van der Waals surface area contributed by atoms with E-state index in [2.05, 4.69) is 4.98 Å². The van der Waals surface area contributed by atoms with Crippen molar-refractivity contribution in [2.75, 3.05) is 0 Å². The number of aromatic nitrogens is 2. The summed E-state index contributed by atoms with van der Waals surface area (Å²) in [6.07, 6.45) is 2.01. The zero-order chi connectivity index (χ0) is 12.4. The van der Waals surface area contributed by atoms with E-state index in [0.717, 1.165) is 22.6 Å². The Morgan fingerprint density at radius 1 is 1.35 bits per heavy atom. The first-order valence-corrected chi connectivity index (χ1v) is 5.37. The van der Waals surface area contributed by atoms with E-state index >= 15 is 0 Å². The molecule has 0 unspecified atom stereocenters. The second kappa shape index (κ2) is 4.41. The summed E-state index contributed by atoms with van der Waals surface area (Å²) < 4.78 is 1.96. The molecule has 0 atom stereocenters. The number of benzene rings is 1. The monoisotopic (exact) mass is 230 g/mol. The molecule has 17 heavy (non-hydrogen) atoms. The highest BCUT2D eigenvalue weighted by atomic mass is 16.4. The first kappa shape index (κ1) is 11.4. The molecule has 0 aliphatic heterocycles. The maximum Gasteiger partial charge on any atom is 0.307 e. The first-order chi connectivity index (χ1) is 8.06. The van der Waals surface area contributed by atoms with Crippen LogP contribution in [0, 0.1) is 6.92 Å².